The molecule has 32 heavy (non-hydrogen) atoms. The molecule has 0 saturated heterocycles. The Labute approximate surface area is 192 Å². The molecule has 0 atom stereocenters. The lowest BCUT2D eigenvalue weighted by Gasteiger charge is -2.29. The summed E-state index contributed by atoms with van der Waals surface area (Å²) in [6.45, 7) is 3.02. The molecule has 0 unspecified atom stereocenters. The van der Waals surface area contributed by atoms with Crippen LogP contribution >= 0.6 is 0 Å². The number of benzene rings is 1. The van der Waals surface area contributed by atoms with Gasteiger partial charge in [0.25, 0.3) is 0 Å². The Bertz CT molecular complexity index is 942. The normalized spacial score (nSPS) is 21.5. The quantitative estimate of drug-likeness (QED) is 0.430. The Hall–Kier alpha value is -2.82. The van der Waals surface area contributed by atoms with E-state index in [1.165, 1.54) is 56.9 Å². The molecule has 2 aromatic rings. The van der Waals surface area contributed by atoms with Crippen molar-refractivity contribution in [1.29, 1.82) is 5.41 Å². The van der Waals surface area contributed by atoms with Crippen molar-refractivity contribution in [2.24, 2.45) is 5.92 Å². The lowest BCUT2D eigenvalue weighted by atomic mass is 9.80. The maximum atomic E-state index is 7.81. The second kappa shape index (κ2) is 10.7. The highest BCUT2D eigenvalue weighted by molar-refractivity contribution is 6.08. The molecule has 2 aliphatic carbocycles. The minimum atomic E-state index is 0.558. The molecule has 3 N–H and O–H groups in total. The highest BCUT2D eigenvalue weighted by Crippen LogP contribution is 2.36. The van der Waals surface area contributed by atoms with Crippen LogP contribution in [0.25, 0.3) is 5.57 Å². The van der Waals surface area contributed by atoms with E-state index in [4.69, 9.17) is 15.1 Å². The van der Waals surface area contributed by atoms with Crippen molar-refractivity contribution in [2.75, 3.05) is 19.0 Å². The van der Waals surface area contributed by atoms with Crippen LogP contribution in [0.1, 0.15) is 67.8 Å². The van der Waals surface area contributed by atoms with Gasteiger partial charge in [0.2, 0.25) is 0 Å². The summed E-state index contributed by atoms with van der Waals surface area (Å²) >= 11 is 0. The number of aromatic nitrogens is 1. The van der Waals surface area contributed by atoms with Gasteiger partial charge >= 0.3 is 0 Å². The molecule has 0 spiro atoms. The zero-order valence-electron chi connectivity index (χ0n) is 19.4. The van der Waals surface area contributed by atoms with Crippen LogP contribution in [0, 0.1) is 18.3 Å². The van der Waals surface area contributed by atoms with Crippen molar-refractivity contribution in [1.82, 2.24) is 10.3 Å². The molecule has 2 saturated carbocycles. The number of aryl methyl sites for hydroxylation is 1. The number of allylic oxidation sites excluding steroid dienone is 1. The van der Waals surface area contributed by atoms with Crippen molar-refractivity contribution in [2.45, 2.75) is 63.8 Å². The average Bonchev–Trinajstić information content (AvgIpc) is 2.80. The monoisotopic (exact) mass is 432 g/mol. The first kappa shape index (κ1) is 22.4. The molecule has 1 heterocycles. The lowest BCUT2D eigenvalue weighted by molar-refractivity contribution is 0.334. The van der Waals surface area contributed by atoms with Crippen molar-refractivity contribution in [3.63, 3.8) is 0 Å². The minimum absolute atomic E-state index is 0.558. The zero-order valence-corrected chi connectivity index (χ0v) is 19.4. The third kappa shape index (κ3) is 5.50. The van der Waals surface area contributed by atoms with Gasteiger partial charge in [0.15, 0.2) is 0 Å². The van der Waals surface area contributed by atoms with E-state index in [0.29, 0.717) is 17.9 Å². The molecule has 5 heteroatoms. The average molecular weight is 433 g/mol. The van der Waals surface area contributed by atoms with Gasteiger partial charge in [-0.1, -0.05) is 12.1 Å². The molecule has 0 radical (unpaired) electrons. The van der Waals surface area contributed by atoms with Gasteiger partial charge in [-0.2, -0.15) is 0 Å². The van der Waals surface area contributed by atoms with E-state index in [9.17, 15) is 0 Å². The van der Waals surface area contributed by atoms with Crippen LogP contribution in [0.4, 0.5) is 5.69 Å². The predicted octanol–water partition coefficient (Wildman–Crippen LogP) is 5.92. The van der Waals surface area contributed by atoms with Crippen LogP contribution in [-0.4, -0.2) is 30.9 Å². The zero-order chi connectivity index (χ0) is 22.3. The van der Waals surface area contributed by atoms with E-state index in [1.807, 2.05) is 13.1 Å². The number of pyridine rings is 1. The summed E-state index contributed by atoms with van der Waals surface area (Å²) < 4.78 is 5.35. The first-order valence-electron chi connectivity index (χ1n) is 12.0. The summed E-state index contributed by atoms with van der Waals surface area (Å²) in [6.07, 6.45) is 12.1. The predicted molar refractivity (Wildman–Crippen MR) is 133 cm³/mol. The summed E-state index contributed by atoms with van der Waals surface area (Å²) in [7, 11) is 1.70. The summed E-state index contributed by atoms with van der Waals surface area (Å²) in [5.74, 6) is 2.11. The third-order valence-electron chi connectivity index (χ3n) is 7.07. The Balaban J connectivity index is 1.28. The number of methoxy groups -OCH3 is 1. The summed E-state index contributed by atoms with van der Waals surface area (Å²) in [5, 5.41) is 14.9. The Morgan fingerprint density at radius 3 is 2.59 bits per heavy atom. The number of ether oxygens (including phenoxy) is 1. The number of hydrogen-bond acceptors (Lipinski definition) is 5. The molecule has 1 aromatic heterocycles. The van der Waals surface area contributed by atoms with Crippen LogP contribution in [-0.2, 0) is 0 Å². The lowest BCUT2D eigenvalue weighted by Crippen LogP contribution is -2.31. The first-order valence-corrected chi connectivity index (χ1v) is 12.0. The molecule has 0 amide bonds. The highest BCUT2D eigenvalue weighted by atomic mass is 16.5. The van der Waals surface area contributed by atoms with E-state index < -0.39 is 0 Å². The Kier molecular flexibility index (Phi) is 7.46. The highest BCUT2D eigenvalue weighted by Gasteiger charge is 2.23. The number of nitrogens with zero attached hydrogens (tertiary/aromatic N) is 1. The summed E-state index contributed by atoms with van der Waals surface area (Å²) in [4.78, 5) is 4.79. The summed E-state index contributed by atoms with van der Waals surface area (Å²) in [6, 6.07) is 13.2. The van der Waals surface area contributed by atoms with Crippen molar-refractivity contribution >= 4 is 17.5 Å². The van der Waals surface area contributed by atoms with Crippen molar-refractivity contribution in [3.05, 3.63) is 59.5 Å². The molecule has 0 aliphatic heterocycles. The minimum Gasteiger partial charge on any atom is -0.495 e. The van der Waals surface area contributed by atoms with Gasteiger partial charge in [-0.3, -0.25) is 4.98 Å². The SMILES string of the molecule is COc1ccc(C2CCC(CNc3cccc(/C(C=N)=C/NC4CCC4)c3)CC2)nc1C. The smallest absolute Gasteiger partial charge is 0.140 e. The van der Waals surface area contributed by atoms with E-state index >= 15 is 0 Å². The topological polar surface area (TPSA) is 70.0 Å². The van der Waals surface area contributed by atoms with E-state index in [2.05, 4.69) is 47.0 Å². The van der Waals surface area contributed by atoms with Crippen LogP contribution in [0.5, 0.6) is 5.75 Å². The molecule has 170 valence electrons. The fourth-order valence-corrected chi connectivity index (χ4v) is 4.73. The molecular formula is C27H36N4O. The van der Waals surface area contributed by atoms with Crippen molar-refractivity contribution < 1.29 is 4.74 Å². The molecule has 2 fully saturated rings. The Morgan fingerprint density at radius 1 is 1.12 bits per heavy atom. The van der Waals surface area contributed by atoms with Gasteiger partial charge in [0.05, 0.1) is 12.8 Å². The van der Waals surface area contributed by atoms with Crippen molar-refractivity contribution in [3.8, 4) is 5.75 Å². The molecule has 5 nitrogen and oxygen atoms in total. The molecule has 0 bridgehead atoms. The maximum absolute atomic E-state index is 7.81. The van der Waals surface area contributed by atoms with Gasteiger partial charge in [-0.25, -0.2) is 0 Å². The Morgan fingerprint density at radius 2 is 1.94 bits per heavy atom. The van der Waals surface area contributed by atoms with E-state index in [-0.39, 0.29) is 0 Å². The van der Waals surface area contributed by atoms with Crippen LogP contribution in [0.2, 0.25) is 0 Å². The molecule has 2 aliphatic rings. The number of nitrogens with one attached hydrogen (secondary N) is 3. The summed E-state index contributed by atoms with van der Waals surface area (Å²) in [5.41, 5.74) is 5.34. The molecular weight excluding hydrogens is 396 g/mol. The van der Waals surface area contributed by atoms with Gasteiger partial charge in [0.1, 0.15) is 5.75 Å². The van der Waals surface area contributed by atoms with Gasteiger partial charge in [0, 0.05) is 47.9 Å². The standard InChI is InChI=1S/C27H36N4O/c1-19-27(32-2)14-13-26(31-19)21-11-9-20(10-12-21)17-29-25-8-3-5-22(15-25)23(16-28)18-30-24-6-4-7-24/h3,5,8,13-16,18,20-21,24,28-30H,4,6-7,9-12,17H2,1-2H3/b23-18+,28-16?. The van der Waals surface area contributed by atoms with Gasteiger partial charge in [-0.05, 0) is 87.6 Å². The fourth-order valence-electron chi connectivity index (χ4n) is 4.73. The van der Waals surface area contributed by atoms with E-state index in [1.54, 1.807) is 7.11 Å². The number of anilines is 1. The third-order valence-corrected chi connectivity index (χ3v) is 7.07. The van der Waals surface area contributed by atoms with E-state index in [0.717, 1.165) is 34.8 Å². The van der Waals surface area contributed by atoms with Crippen LogP contribution in [0.3, 0.4) is 0 Å². The van der Waals surface area contributed by atoms with Crippen LogP contribution in [0.15, 0.2) is 42.6 Å². The van der Waals surface area contributed by atoms with Gasteiger partial charge in [-0.15, -0.1) is 0 Å². The van der Waals surface area contributed by atoms with Gasteiger partial charge < -0.3 is 20.8 Å². The largest absolute Gasteiger partial charge is 0.495 e. The second-order valence-corrected chi connectivity index (χ2v) is 9.24. The first-order chi connectivity index (χ1) is 15.7. The number of hydrogen-bond donors (Lipinski definition) is 3. The number of rotatable bonds is 9. The molecule has 1 aromatic carbocycles. The molecule has 4 rings (SSSR count). The van der Waals surface area contributed by atoms with Crippen LogP contribution < -0.4 is 15.4 Å². The second-order valence-electron chi connectivity index (χ2n) is 9.24. The fraction of sp³-hybridized carbons (Fsp3) is 0.481. The maximum Gasteiger partial charge on any atom is 0.140 e.